The summed E-state index contributed by atoms with van der Waals surface area (Å²) in [5.74, 6) is -0.793. The SMILES string of the molecule is C=CCNS(=O)(=O)Cc1ccc(NC(=O)C2CCCN2C(=O)c2cc(Cl)cc(Cl)c2)cc1. The monoisotopic (exact) mass is 495 g/mol. The smallest absolute Gasteiger partial charge is 0.254 e. The Kier molecular flexibility index (Phi) is 7.95. The number of hydrogen-bond donors (Lipinski definition) is 2. The lowest BCUT2D eigenvalue weighted by molar-refractivity contribution is -0.119. The highest BCUT2D eigenvalue weighted by Gasteiger charge is 2.34. The molecule has 7 nitrogen and oxygen atoms in total. The van der Waals surface area contributed by atoms with E-state index in [1.807, 2.05) is 0 Å². The standard InChI is InChI=1S/C22H23Cl2N3O4S/c1-2-9-25-32(30,31)14-15-5-7-19(8-6-15)26-21(28)20-4-3-10-27(20)22(29)16-11-17(23)13-18(24)12-16/h2,5-8,11-13,20,25H,1,3-4,9-10,14H2,(H,26,28). The summed E-state index contributed by atoms with van der Waals surface area (Å²) in [7, 11) is -3.47. The molecule has 0 aliphatic carbocycles. The number of amides is 2. The number of likely N-dealkylation sites (tertiary alicyclic amines) is 1. The van der Waals surface area contributed by atoms with Gasteiger partial charge < -0.3 is 10.2 Å². The molecule has 10 heteroatoms. The predicted molar refractivity (Wildman–Crippen MR) is 126 cm³/mol. The summed E-state index contributed by atoms with van der Waals surface area (Å²) in [6, 6.07) is 10.5. The zero-order valence-electron chi connectivity index (χ0n) is 17.2. The maximum absolute atomic E-state index is 12.9. The molecule has 1 unspecified atom stereocenters. The summed E-state index contributed by atoms with van der Waals surface area (Å²) in [6.07, 6.45) is 2.71. The van der Waals surface area contributed by atoms with Crippen LogP contribution in [-0.4, -0.2) is 44.3 Å². The van der Waals surface area contributed by atoms with Crippen molar-refractivity contribution in [2.45, 2.75) is 24.6 Å². The molecule has 2 amide bonds. The van der Waals surface area contributed by atoms with E-state index >= 15 is 0 Å². The van der Waals surface area contributed by atoms with Gasteiger partial charge in [-0.1, -0.05) is 41.4 Å². The molecule has 0 saturated carbocycles. The van der Waals surface area contributed by atoms with Crippen LogP contribution in [0.3, 0.4) is 0 Å². The number of benzene rings is 2. The van der Waals surface area contributed by atoms with Crippen LogP contribution in [0.15, 0.2) is 55.1 Å². The minimum atomic E-state index is -3.47. The van der Waals surface area contributed by atoms with Crippen LogP contribution in [0.4, 0.5) is 5.69 Å². The van der Waals surface area contributed by atoms with Gasteiger partial charge in [0.25, 0.3) is 5.91 Å². The molecule has 0 bridgehead atoms. The second-order valence-corrected chi connectivity index (χ2v) is 10.1. The van der Waals surface area contributed by atoms with Crippen molar-refractivity contribution < 1.29 is 18.0 Å². The lowest BCUT2D eigenvalue weighted by Crippen LogP contribution is -2.43. The van der Waals surface area contributed by atoms with Gasteiger partial charge in [-0.05, 0) is 48.7 Å². The van der Waals surface area contributed by atoms with Crippen molar-refractivity contribution in [2.75, 3.05) is 18.4 Å². The Morgan fingerprint density at radius 1 is 1.12 bits per heavy atom. The van der Waals surface area contributed by atoms with Gasteiger partial charge in [-0.25, -0.2) is 13.1 Å². The molecule has 1 heterocycles. The Hall–Kier alpha value is -2.39. The van der Waals surface area contributed by atoms with Crippen LogP contribution in [-0.2, 0) is 20.6 Å². The minimum Gasteiger partial charge on any atom is -0.327 e. The third-order valence-corrected chi connectivity index (χ3v) is 6.71. The van der Waals surface area contributed by atoms with E-state index in [2.05, 4.69) is 16.6 Å². The Labute approximate surface area is 197 Å². The van der Waals surface area contributed by atoms with Crippen molar-refractivity contribution >= 4 is 50.7 Å². The highest BCUT2D eigenvalue weighted by Crippen LogP contribution is 2.25. The van der Waals surface area contributed by atoms with E-state index in [0.29, 0.717) is 46.2 Å². The van der Waals surface area contributed by atoms with Gasteiger partial charge in [-0.2, -0.15) is 0 Å². The van der Waals surface area contributed by atoms with Crippen LogP contribution in [0, 0.1) is 0 Å². The quantitative estimate of drug-likeness (QED) is 0.543. The molecule has 1 saturated heterocycles. The number of rotatable bonds is 8. The third-order valence-electron chi connectivity index (χ3n) is 4.95. The van der Waals surface area contributed by atoms with Crippen molar-refractivity contribution in [1.82, 2.24) is 9.62 Å². The van der Waals surface area contributed by atoms with Crippen LogP contribution in [0.5, 0.6) is 0 Å². The number of halogens is 2. The van der Waals surface area contributed by atoms with Crippen molar-refractivity contribution in [3.63, 3.8) is 0 Å². The first-order chi connectivity index (χ1) is 15.2. The topological polar surface area (TPSA) is 95.6 Å². The molecule has 0 radical (unpaired) electrons. The van der Waals surface area contributed by atoms with Crippen LogP contribution < -0.4 is 10.0 Å². The van der Waals surface area contributed by atoms with Gasteiger partial charge in [0.05, 0.1) is 5.75 Å². The average molecular weight is 496 g/mol. The molecule has 1 atom stereocenters. The van der Waals surface area contributed by atoms with E-state index in [9.17, 15) is 18.0 Å². The maximum Gasteiger partial charge on any atom is 0.254 e. The number of hydrogen-bond acceptors (Lipinski definition) is 4. The normalized spacial score (nSPS) is 16.1. The summed E-state index contributed by atoms with van der Waals surface area (Å²) in [5, 5.41) is 3.50. The van der Waals surface area contributed by atoms with Crippen LogP contribution >= 0.6 is 23.2 Å². The second kappa shape index (κ2) is 10.5. The fraction of sp³-hybridized carbons (Fsp3) is 0.273. The first-order valence-corrected chi connectivity index (χ1v) is 12.3. The summed E-state index contributed by atoms with van der Waals surface area (Å²) in [4.78, 5) is 27.3. The molecule has 1 aliphatic heterocycles. The third kappa shape index (κ3) is 6.32. The Balaban J connectivity index is 1.65. The highest BCUT2D eigenvalue weighted by atomic mass is 35.5. The van der Waals surface area contributed by atoms with Gasteiger partial charge in [0, 0.05) is 34.4 Å². The number of anilines is 1. The number of nitrogens with zero attached hydrogens (tertiary/aromatic N) is 1. The molecule has 3 rings (SSSR count). The summed E-state index contributed by atoms with van der Waals surface area (Å²) in [5.41, 5.74) is 1.42. The first-order valence-electron chi connectivity index (χ1n) is 9.93. The van der Waals surface area contributed by atoms with E-state index in [0.717, 1.165) is 0 Å². The lowest BCUT2D eigenvalue weighted by atomic mass is 10.1. The van der Waals surface area contributed by atoms with Gasteiger partial charge in [0.15, 0.2) is 0 Å². The summed E-state index contributed by atoms with van der Waals surface area (Å²) >= 11 is 12.0. The van der Waals surface area contributed by atoms with Crippen LogP contribution in [0.1, 0.15) is 28.8 Å². The molecule has 2 aromatic rings. The van der Waals surface area contributed by atoms with E-state index in [4.69, 9.17) is 23.2 Å². The molecule has 0 aromatic heterocycles. The van der Waals surface area contributed by atoms with Gasteiger partial charge >= 0.3 is 0 Å². The van der Waals surface area contributed by atoms with E-state index in [1.54, 1.807) is 30.3 Å². The second-order valence-electron chi connectivity index (χ2n) is 7.40. The van der Waals surface area contributed by atoms with E-state index < -0.39 is 16.1 Å². The van der Waals surface area contributed by atoms with Crippen molar-refractivity contribution in [3.05, 3.63) is 76.3 Å². The van der Waals surface area contributed by atoms with Gasteiger partial charge in [0.1, 0.15) is 6.04 Å². The molecule has 2 aromatic carbocycles. The lowest BCUT2D eigenvalue weighted by Gasteiger charge is -2.24. The van der Waals surface area contributed by atoms with Gasteiger partial charge in [-0.15, -0.1) is 6.58 Å². The van der Waals surface area contributed by atoms with Crippen LogP contribution in [0.25, 0.3) is 0 Å². The first kappa shape index (κ1) is 24.3. The highest BCUT2D eigenvalue weighted by molar-refractivity contribution is 7.88. The molecule has 2 N–H and O–H groups in total. The van der Waals surface area contributed by atoms with E-state index in [-0.39, 0.29) is 24.1 Å². The van der Waals surface area contributed by atoms with Gasteiger partial charge in [0.2, 0.25) is 15.9 Å². The number of sulfonamides is 1. The fourth-order valence-corrected chi connectivity index (χ4v) is 5.12. The van der Waals surface area contributed by atoms with Gasteiger partial charge in [-0.3, -0.25) is 9.59 Å². The summed E-state index contributed by atoms with van der Waals surface area (Å²) in [6.45, 7) is 4.10. The molecule has 32 heavy (non-hydrogen) atoms. The molecule has 170 valence electrons. The number of carbonyl (C=O) groups excluding carboxylic acids is 2. The number of carbonyl (C=O) groups is 2. The van der Waals surface area contributed by atoms with Crippen LogP contribution in [0.2, 0.25) is 10.0 Å². The number of nitrogens with one attached hydrogen (secondary N) is 2. The van der Waals surface area contributed by atoms with E-state index in [1.165, 1.54) is 23.1 Å². The fourth-order valence-electron chi connectivity index (χ4n) is 3.49. The Bertz CT molecular complexity index is 1100. The minimum absolute atomic E-state index is 0.161. The van der Waals surface area contributed by atoms with Crippen molar-refractivity contribution in [2.24, 2.45) is 0 Å². The molecule has 1 fully saturated rings. The van der Waals surface area contributed by atoms with Crippen molar-refractivity contribution in [1.29, 1.82) is 0 Å². The molecular weight excluding hydrogens is 473 g/mol. The average Bonchev–Trinajstić information content (AvgIpc) is 3.22. The largest absolute Gasteiger partial charge is 0.327 e. The Morgan fingerprint density at radius 2 is 1.78 bits per heavy atom. The van der Waals surface area contributed by atoms with Crippen molar-refractivity contribution in [3.8, 4) is 0 Å². The Morgan fingerprint density at radius 3 is 2.41 bits per heavy atom. The summed E-state index contributed by atoms with van der Waals surface area (Å²) < 4.78 is 26.4. The molecule has 1 aliphatic rings. The zero-order valence-corrected chi connectivity index (χ0v) is 19.5. The zero-order chi connectivity index (χ0) is 23.3. The molecular formula is C22H23Cl2N3O4S. The maximum atomic E-state index is 12.9. The molecule has 0 spiro atoms. The predicted octanol–water partition coefficient (Wildman–Crippen LogP) is 3.84.